The number of benzene rings is 1. The van der Waals surface area contributed by atoms with Gasteiger partial charge in [-0.2, -0.15) is 8.42 Å². The molecule has 0 aromatic heterocycles. The topological polar surface area (TPSA) is 43.4 Å². The van der Waals surface area contributed by atoms with Crippen molar-refractivity contribution in [1.82, 2.24) is 0 Å². The highest BCUT2D eigenvalue weighted by Gasteiger charge is 2.13. The predicted molar refractivity (Wildman–Crippen MR) is 65.8 cm³/mol. The van der Waals surface area contributed by atoms with Crippen LogP contribution in [0.3, 0.4) is 0 Å². The van der Waals surface area contributed by atoms with Crippen LogP contribution in [0.4, 0.5) is 0 Å². The second-order valence-electron chi connectivity index (χ2n) is 2.92. The van der Waals surface area contributed by atoms with Crippen LogP contribution in [0, 0.1) is 6.92 Å². The van der Waals surface area contributed by atoms with Gasteiger partial charge in [0.2, 0.25) is 0 Å². The van der Waals surface area contributed by atoms with Crippen LogP contribution < -0.4 is 0 Å². The fourth-order valence-corrected chi connectivity index (χ4v) is 2.35. The number of aryl methyl sites for hydroxylation is 1. The quantitative estimate of drug-likeness (QED) is 0.383. The van der Waals surface area contributed by atoms with Gasteiger partial charge in [-0.15, -0.1) is 11.7 Å². The zero-order chi connectivity index (χ0) is 11.3. The van der Waals surface area contributed by atoms with E-state index in [9.17, 15) is 8.42 Å². The number of hydrogen-bond donors (Lipinski definition) is 1. The normalized spacial score (nSPS) is 11.6. The minimum atomic E-state index is -3.60. The average Bonchev–Trinajstić information content (AvgIpc) is 2.18. The van der Waals surface area contributed by atoms with Crippen molar-refractivity contribution in [1.29, 1.82) is 0 Å². The van der Waals surface area contributed by atoms with Gasteiger partial charge < -0.3 is 0 Å². The molecule has 0 atom stereocenters. The van der Waals surface area contributed by atoms with E-state index in [1.165, 1.54) is 10.8 Å². The molecule has 15 heavy (non-hydrogen) atoms. The van der Waals surface area contributed by atoms with E-state index in [4.69, 9.17) is 4.18 Å². The van der Waals surface area contributed by atoms with Crippen LogP contribution in [-0.4, -0.2) is 20.8 Å². The molecule has 0 spiro atoms. The summed E-state index contributed by atoms with van der Waals surface area (Å²) < 4.78 is 27.9. The van der Waals surface area contributed by atoms with E-state index in [1.807, 2.05) is 6.92 Å². The first kappa shape index (κ1) is 12.9. The second kappa shape index (κ2) is 5.79. The van der Waals surface area contributed by atoms with Crippen LogP contribution in [0.2, 0.25) is 0 Å². The summed E-state index contributed by atoms with van der Waals surface area (Å²) in [6.07, 6.45) is 0. The lowest BCUT2D eigenvalue weighted by Gasteiger charge is -2.04. The summed E-state index contributed by atoms with van der Waals surface area (Å²) in [5.41, 5.74) is 1.01. The third-order valence-electron chi connectivity index (χ3n) is 1.72. The SMILES string of the molecule is Cc1ccc(S(=O)(=O)OCCSS)cc1. The minimum absolute atomic E-state index is 0.143. The average molecular weight is 264 g/mol. The molecule has 0 heterocycles. The van der Waals surface area contributed by atoms with E-state index >= 15 is 0 Å². The highest BCUT2D eigenvalue weighted by molar-refractivity contribution is 8.68. The Balaban J connectivity index is 2.73. The zero-order valence-corrected chi connectivity index (χ0v) is 10.7. The number of hydrogen-bond acceptors (Lipinski definition) is 5. The van der Waals surface area contributed by atoms with Crippen LogP contribution >= 0.6 is 22.5 Å². The van der Waals surface area contributed by atoms with Crippen LogP contribution in [0.1, 0.15) is 5.56 Å². The first-order valence-corrected chi connectivity index (χ1v) is 7.73. The van der Waals surface area contributed by atoms with Crippen molar-refractivity contribution in [3.63, 3.8) is 0 Å². The summed E-state index contributed by atoms with van der Waals surface area (Å²) in [5, 5.41) is 0. The molecule has 84 valence electrons. The van der Waals surface area contributed by atoms with Crippen LogP contribution in [-0.2, 0) is 14.3 Å². The molecule has 0 bridgehead atoms. The molecule has 0 unspecified atom stereocenters. The summed E-state index contributed by atoms with van der Waals surface area (Å²) >= 11 is 3.89. The van der Waals surface area contributed by atoms with Gasteiger partial charge in [0.15, 0.2) is 0 Å². The Labute approximate surface area is 99.2 Å². The lowest BCUT2D eigenvalue weighted by atomic mass is 10.2. The minimum Gasteiger partial charge on any atom is -0.265 e. The highest BCUT2D eigenvalue weighted by Crippen LogP contribution is 2.14. The van der Waals surface area contributed by atoms with E-state index in [1.54, 1.807) is 24.3 Å². The fourth-order valence-electron chi connectivity index (χ4n) is 0.954. The first-order chi connectivity index (χ1) is 7.06. The van der Waals surface area contributed by atoms with E-state index in [-0.39, 0.29) is 11.5 Å². The van der Waals surface area contributed by atoms with Crippen molar-refractivity contribution in [2.24, 2.45) is 0 Å². The fraction of sp³-hybridized carbons (Fsp3) is 0.333. The Morgan fingerprint density at radius 1 is 1.33 bits per heavy atom. The van der Waals surface area contributed by atoms with Gasteiger partial charge in [0.1, 0.15) is 0 Å². The molecule has 1 aromatic carbocycles. The molecule has 0 amide bonds. The maximum atomic E-state index is 11.6. The molecule has 6 heteroatoms. The molecule has 0 aliphatic carbocycles. The Bertz CT molecular complexity index is 397. The van der Waals surface area contributed by atoms with Gasteiger partial charge in [-0.3, -0.25) is 4.18 Å². The molecule has 0 aliphatic heterocycles. The third-order valence-corrected chi connectivity index (χ3v) is 3.95. The molecule has 0 saturated carbocycles. The first-order valence-electron chi connectivity index (χ1n) is 4.29. The van der Waals surface area contributed by atoms with Gasteiger partial charge in [0, 0.05) is 5.75 Å². The molecule has 1 aromatic rings. The maximum Gasteiger partial charge on any atom is 0.297 e. The highest BCUT2D eigenvalue weighted by atomic mass is 33.1. The monoisotopic (exact) mass is 264 g/mol. The molecule has 0 N–H and O–H groups in total. The van der Waals surface area contributed by atoms with Gasteiger partial charge in [-0.05, 0) is 19.1 Å². The van der Waals surface area contributed by atoms with Crippen molar-refractivity contribution in [3.05, 3.63) is 29.8 Å². The standard InChI is InChI=1S/C9H12O3S3/c1-8-2-4-9(5-3-8)15(10,11)12-6-7-14-13/h2-5,13H,6-7H2,1H3. The molecular weight excluding hydrogens is 252 g/mol. The molecule has 0 radical (unpaired) electrons. The van der Waals surface area contributed by atoms with Gasteiger partial charge in [0.25, 0.3) is 10.1 Å². The van der Waals surface area contributed by atoms with Crippen molar-refractivity contribution in [3.8, 4) is 0 Å². The second-order valence-corrected chi connectivity index (χ2v) is 5.98. The van der Waals surface area contributed by atoms with Crippen LogP contribution in [0.5, 0.6) is 0 Å². The van der Waals surface area contributed by atoms with Gasteiger partial charge in [0.05, 0.1) is 11.5 Å². The third kappa shape index (κ3) is 4.06. The van der Waals surface area contributed by atoms with Gasteiger partial charge in [-0.1, -0.05) is 28.5 Å². The van der Waals surface area contributed by atoms with Crippen molar-refractivity contribution < 1.29 is 12.6 Å². The van der Waals surface area contributed by atoms with E-state index < -0.39 is 10.1 Å². The Hall–Kier alpha value is -0.170. The molecule has 0 aliphatic rings. The van der Waals surface area contributed by atoms with Crippen molar-refractivity contribution >= 4 is 32.6 Å². The summed E-state index contributed by atoms with van der Waals surface area (Å²) in [4.78, 5) is 0.192. The summed E-state index contributed by atoms with van der Waals surface area (Å²) in [6.45, 7) is 2.04. The van der Waals surface area contributed by atoms with Gasteiger partial charge in [-0.25, -0.2) is 0 Å². The number of rotatable bonds is 5. The Kier molecular flexibility index (Phi) is 4.98. The summed E-state index contributed by atoms with van der Waals surface area (Å²) in [6, 6.07) is 6.56. The molecule has 0 fully saturated rings. The lowest BCUT2D eigenvalue weighted by Crippen LogP contribution is -2.08. The largest absolute Gasteiger partial charge is 0.297 e. The Morgan fingerprint density at radius 3 is 2.47 bits per heavy atom. The van der Waals surface area contributed by atoms with Crippen LogP contribution in [0.25, 0.3) is 0 Å². The molecule has 1 rings (SSSR count). The van der Waals surface area contributed by atoms with E-state index in [2.05, 4.69) is 11.7 Å². The Morgan fingerprint density at radius 2 is 1.93 bits per heavy atom. The smallest absolute Gasteiger partial charge is 0.265 e. The molecule has 0 saturated heterocycles. The maximum absolute atomic E-state index is 11.6. The summed E-state index contributed by atoms with van der Waals surface area (Å²) in [7, 11) is -2.35. The van der Waals surface area contributed by atoms with Gasteiger partial charge >= 0.3 is 0 Å². The van der Waals surface area contributed by atoms with Crippen molar-refractivity contribution in [2.75, 3.05) is 12.4 Å². The molecular formula is C9H12O3S3. The summed E-state index contributed by atoms with van der Waals surface area (Å²) in [5.74, 6) is 0.536. The van der Waals surface area contributed by atoms with E-state index in [0.717, 1.165) is 5.56 Å². The zero-order valence-electron chi connectivity index (χ0n) is 8.21. The lowest BCUT2D eigenvalue weighted by molar-refractivity contribution is 0.341. The molecule has 3 nitrogen and oxygen atoms in total. The van der Waals surface area contributed by atoms with E-state index in [0.29, 0.717) is 5.75 Å². The number of thiol groups is 1. The predicted octanol–water partition coefficient (Wildman–Crippen LogP) is 2.28. The van der Waals surface area contributed by atoms with Crippen molar-refractivity contribution in [2.45, 2.75) is 11.8 Å². The van der Waals surface area contributed by atoms with Crippen LogP contribution in [0.15, 0.2) is 29.2 Å².